The Morgan fingerprint density at radius 2 is 2.15 bits per heavy atom. The van der Waals surface area contributed by atoms with Gasteiger partial charge in [-0.2, -0.15) is 0 Å². The van der Waals surface area contributed by atoms with Crippen molar-refractivity contribution >= 4 is 23.6 Å². The molecule has 1 fully saturated rings. The number of aliphatic carboxylic acids is 1. The average molecular weight is 293 g/mol. The Bertz CT molecular complexity index is 498. The first kappa shape index (κ1) is 14.9. The zero-order valence-corrected chi connectivity index (χ0v) is 12.4. The molecule has 0 atom stereocenters. The number of carboxylic acids is 1. The third-order valence-corrected chi connectivity index (χ3v) is 4.34. The lowest BCUT2D eigenvalue weighted by Gasteiger charge is -2.38. The molecule has 108 valence electrons. The SMILES string of the molecule is Cc1cccc(CSCC(=O)N2CC(CC(=O)O)C2)c1. The summed E-state index contributed by atoms with van der Waals surface area (Å²) in [6.45, 7) is 3.24. The number of nitrogens with zero attached hydrogens (tertiary/aromatic N) is 1. The van der Waals surface area contributed by atoms with Gasteiger partial charge >= 0.3 is 5.97 Å². The van der Waals surface area contributed by atoms with Crippen LogP contribution in [0.2, 0.25) is 0 Å². The van der Waals surface area contributed by atoms with E-state index in [1.54, 1.807) is 16.7 Å². The number of likely N-dealkylation sites (tertiary alicyclic amines) is 1. The van der Waals surface area contributed by atoms with Gasteiger partial charge in [-0.1, -0.05) is 29.8 Å². The van der Waals surface area contributed by atoms with E-state index in [0.29, 0.717) is 18.8 Å². The zero-order chi connectivity index (χ0) is 14.5. The summed E-state index contributed by atoms with van der Waals surface area (Å²) >= 11 is 1.61. The van der Waals surface area contributed by atoms with Crippen LogP contribution in [0, 0.1) is 12.8 Å². The van der Waals surface area contributed by atoms with Gasteiger partial charge in [0.15, 0.2) is 0 Å². The van der Waals surface area contributed by atoms with Crippen molar-refractivity contribution < 1.29 is 14.7 Å². The molecule has 1 heterocycles. The predicted octanol–water partition coefficient (Wildman–Crippen LogP) is 2.16. The van der Waals surface area contributed by atoms with Gasteiger partial charge in [-0.25, -0.2) is 0 Å². The third kappa shape index (κ3) is 4.27. The van der Waals surface area contributed by atoms with Crippen LogP contribution in [0.4, 0.5) is 0 Å². The summed E-state index contributed by atoms with van der Waals surface area (Å²) in [7, 11) is 0. The highest BCUT2D eigenvalue weighted by molar-refractivity contribution is 7.99. The van der Waals surface area contributed by atoms with Crippen LogP contribution >= 0.6 is 11.8 Å². The maximum absolute atomic E-state index is 11.9. The maximum atomic E-state index is 11.9. The van der Waals surface area contributed by atoms with Crippen molar-refractivity contribution in [1.82, 2.24) is 4.90 Å². The molecular formula is C15H19NO3S. The largest absolute Gasteiger partial charge is 0.481 e. The van der Waals surface area contributed by atoms with E-state index in [4.69, 9.17) is 5.11 Å². The molecule has 0 radical (unpaired) electrons. The number of aryl methyl sites for hydroxylation is 1. The van der Waals surface area contributed by atoms with Crippen LogP contribution in [0.25, 0.3) is 0 Å². The van der Waals surface area contributed by atoms with Crippen LogP contribution in [0.5, 0.6) is 0 Å². The standard InChI is InChI=1S/C15H19NO3S/c1-11-3-2-4-12(5-11)9-20-10-14(17)16-7-13(8-16)6-15(18)19/h2-5,13H,6-10H2,1H3,(H,18,19). The second-order valence-corrected chi connectivity index (χ2v) is 6.23. The normalized spacial score (nSPS) is 14.9. The molecule has 1 N–H and O–H groups in total. The molecule has 1 aliphatic heterocycles. The zero-order valence-electron chi connectivity index (χ0n) is 11.5. The molecule has 2 rings (SSSR count). The van der Waals surface area contributed by atoms with E-state index in [2.05, 4.69) is 25.1 Å². The quantitative estimate of drug-likeness (QED) is 0.873. The minimum Gasteiger partial charge on any atom is -0.481 e. The van der Waals surface area contributed by atoms with E-state index in [1.165, 1.54) is 11.1 Å². The number of benzene rings is 1. The van der Waals surface area contributed by atoms with E-state index < -0.39 is 5.97 Å². The Kier molecular flexibility index (Phi) is 5.06. The first-order valence-corrected chi connectivity index (χ1v) is 7.83. The van der Waals surface area contributed by atoms with Crippen molar-refractivity contribution in [3.8, 4) is 0 Å². The second-order valence-electron chi connectivity index (χ2n) is 5.24. The van der Waals surface area contributed by atoms with Gasteiger partial charge < -0.3 is 10.0 Å². The summed E-state index contributed by atoms with van der Waals surface area (Å²) in [6.07, 6.45) is 0.167. The third-order valence-electron chi connectivity index (χ3n) is 3.35. The molecule has 4 nitrogen and oxygen atoms in total. The van der Waals surface area contributed by atoms with Gasteiger partial charge in [0.1, 0.15) is 0 Å². The van der Waals surface area contributed by atoms with Crippen LogP contribution in [-0.4, -0.2) is 40.7 Å². The Balaban J connectivity index is 1.65. The summed E-state index contributed by atoms with van der Waals surface area (Å²) < 4.78 is 0. The summed E-state index contributed by atoms with van der Waals surface area (Å²) in [6, 6.07) is 8.28. The van der Waals surface area contributed by atoms with Crippen molar-refractivity contribution in [2.24, 2.45) is 5.92 Å². The first-order chi connectivity index (χ1) is 9.54. The van der Waals surface area contributed by atoms with E-state index in [9.17, 15) is 9.59 Å². The van der Waals surface area contributed by atoms with Gasteiger partial charge in [0.25, 0.3) is 0 Å². The molecule has 1 aromatic rings. The van der Waals surface area contributed by atoms with Crippen molar-refractivity contribution in [1.29, 1.82) is 0 Å². The number of hydrogen-bond acceptors (Lipinski definition) is 3. The van der Waals surface area contributed by atoms with Crippen LogP contribution in [0.1, 0.15) is 17.5 Å². The molecule has 1 aromatic carbocycles. The minimum absolute atomic E-state index is 0.115. The summed E-state index contributed by atoms with van der Waals surface area (Å²) in [4.78, 5) is 24.1. The summed E-state index contributed by atoms with van der Waals surface area (Å²) in [5.74, 6) is 0.770. The lowest BCUT2D eigenvalue weighted by atomic mass is 9.96. The number of carbonyl (C=O) groups excluding carboxylic acids is 1. The molecule has 1 saturated heterocycles. The molecule has 0 saturated carbocycles. The average Bonchev–Trinajstić information content (AvgIpc) is 2.33. The van der Waals surface area contributed by atoms with Crippen LogP contribution in [-0.2, 0) is 15.3 Å². The molecule has 0 spiro atoms. The Morgan fingerprint density at radius 3 is 2.80 bits per heavy atom. The van der Waals surface area contributed by atoms with Gasteiger partial charge in [0, 0.05) is 24.8 Å². The molecule has 5 heteroatoms. The van der Waals surface area contributed by atoms with Crippen molar-refractivity contribution in [3.63, 3.8) is 0 Å². The lowest BCUT2D eigenvalue weighted by molar-refractivity contribution is -0.143. The monoisotopic (exact) mass is 293 g/mol. The molecule has 0 aromatic heterocycles. The number of rotatable bonds is 6. The van der Waals surface area contributed by atoms with Crippen LogP contribution < -0.4 is 0 Å². The number of amides is 1. The second kappa shape index (κ2) is 6.79. The highest BCUT2D eigenvalue weighted by Crippen LogP contribution is 2.21. The Hall–Kier alpha value is -1.49. The van der Waals surface area contributed by atoms with Gasteiger partial charge in [-0.15, -0.1) is 11.8 Å². The van der Waals surface area contributed by atoms with E-state index in [-0.39, 0.29) is 18.2 Å². The smallest absolute Gasteiger partial charge is 0.303 e. The Labute approximate surface area is 123 Å². The number of thioether (sulfide) groups is 1. The van der Waals surface area contributed by atoms with Crippen LogP contribution in [0.3, 0.4) is 0 Å². The fourth-order valence-electron chi connectivity index (χ4n) is 2.30. The lowest BCUT2D eigenvalue weighted by Crippen LogP contribution is -2.51. The number of carboxylic acid groups (broad SMARTS) is 1. The van der Waals surface area contributed by atoms with Gasteiger partial charge in [-0.05, 0) is 12.5 Å². The molecule has 1 amide bonds. The van der Waals surface area contributed by atoms with Crippen molar-refractivity contribution in [2.45, 2.75) is 19.1 Å². The minimum atomic E-state index is -0.782. The molecule has 20 heavy (non-hydrogen) atoms. The van der Waals surface area contributed by atoms with E-state index >= 15 is 0 Å². The first-order valence-electron chi connectivity index (χ1n) is 6.67. The van der Waals surface area contributed by atoms with Crippen molar-refractivity contribution in [2.75, 3.05) is 18.8 Å². The highest BCUT2D eigenvalue weighted by Gasteiger charge is 2.31. The molecule has 0 aliphatic carbocycles. The van der Waals surface area contributed by atoms with E-state index in [1.807, 2.05) is 6.07 Å². The van der Waals surface area contributed by atoms with Gasteiger partial charge in [-0.3, -0.25) is 9.59 Å². The van der Waals surface area contributed by atoms with Gasteiger partial charge in [0.05, 0.1) is 12.2 Å². The van der Waals surface area contributed by atoms with E-state index in [0.717, 1.165) is 5.75 Å². The fourth-order valence-corrected chi connectivity index (χ4v) is 3.17. The summed E-state index contributed by atoms with van der Waals surface area (Å²) in [5, 5.41) is 8.66. The van der Waals surface area contributed by atoms with Gasteiger partial charge in [0.2, 0.25) is 5.91 Å². The topological polar surface area (TPSA) is 57.6 Å². The molecule has 1 aliphatic rings. The molecule has 0 unspecified atom stereocenters. The molecule has 0 bridgehead atoms. The molecular weight excluding hydrogens is 274 g/mol. The summed E-state index contributed by atoms with van der Waals surface area (Å²) in [5.41, 5.74) is 2.46. The van der Waals surface area contributed by atoms with Crippen LogP contribution in [0.15, 0.2) is 24.3 Å². The maximum Gasteiger partial charge on any atom is 0.303 e. The fraction of sp³-hybridized carbons (Fsp3) is 0.467. The number of carbonyl (C=O) groups is 2. The highest BCUT2D eigenvalue weighted by atomic mass is 32.2. The number of hydrogen-bond donors (Lipinski definition) is 1. The Morgan fingerprint density at radius 1 is 1.40 bits per heavy atom. The predicted molar refractivity (Wildman–Crippen MR) is 79.7 cm³/mol. The van der Waals surface area contributed by atoms with Crippen molar-refractivity contribution in [3.05, 3.63) is 35.4 Å².